The summed E-state index contributed by atoms with van der Waals surface area (Å²) < 4.78 is 36.4. The molecule has 0 bridgehead atoms. The van der Waals surface area contributed by atoms with Crippen molar-refractivity contribution in [2.24, 2.45) is 5.10 Å². The zero-order valence-electron chi connectivity index (χ0n) is 11.4. The van der Waals surface area contributed by atoms with E-state index in [1.165, 1.54) is 25.7 Å². The van der Waals surface area contributed by atoms with E-state index < -0.39 is 11.9 Å². The highest BCUT2D eigenvalue weighted by atomic mass is 19.3. The van der Waals surface area contributed by atoms with E-state index in [1.54, 1.807) is 11.2 Å². The van der Waals surface area contributed by atoms with Crippen LogP contribution in [0.3, 0.4) is 0 Å². The number of nitrogens with zero attached hydrogens (tertiary/aromatic N) is 3. The van der Waals surface area contributed by atoms with E-state index in [2.05, 4.69) is 12.0 Å². The molecule has 0 aromatic rings. The lowest BCUT2D eigenvalue weighted by Gasteiger charge is -2.18. The Balaban J connectivity index is 2.10. The standard InChI is InChI=1S/C13H22F3N3/c1-2-3-4-5-6-8-19-11-18(10-17-19)9-7-12(14)13(15)16/h10H,2-9,11H2,1H3. The highest BCUT2D eigenvalue weighted by Gasteiger charge is 2.14. The van der Waals surface area contributed by atoms with Gasteiger partial charge < -0.3 is 4.90 Å². The van der Waals surface area contributed by atoms with E-state index in [-0.39, 0.29) is 13.0 Å². The molecule has 110 valence electrons. The molecule has 1 aliphatic rings. The van der Waals surface area contributed by atoms with Crippen molar-refractivity contribution in [3.63, 3.8) is 0 Å². The van der Waals surface area contributed by atoms with Gasteiger partial charge in [-0.05, 0) is 6.42 Å². The second kappa shape index (κ2) is 8.82. The molecule has 3 nitrogen and oxygen atoms in total. The number of hydrogen-bond donors (Lipinski definition) is 0. The average molecular weight is 277 g/mol. The van der Waals surface area contributed by atoms with Crippen LogP contribution in [-0.2, 0) is 0 Å². The second-order valence-electron chi connectivity index (χ2n) is 4.74. The quantitative estimate of drug-likeness (QED) is 0.594. The largest absolute Gasteiger partial charge is 0.342 e. The Morgan fingerprint density at radius 1 is 1.11 bits per heavy atom. The fourth-order valence-electron chi connectivity index (χ4n) is 1.92. The van der Waals surface area contributed by atoms with E-state index in [0.29, 0.717) is 6.67 Å². The summed E-state index contributed by atoms with van der Waals surface area (Å²) >= 11 is 0. The third-order valence-corrected chi connectivity index (χ3v) is 3.07. The molecular weight excluding hydrogens is 255 g/mol. The van der Waals surface area contributed by atoms with Gasteiger partial charge in [-0.15, -0.1) is 0 Å². The van der Waals surface area contributed by atoms with Gasteiger partial charge in [0, 0.05) is 19.5 Å². The SMILES string of the molecule is CCCCCCCN1CN(CCC(F)=C(F)F)C=N1. The first-order valence-electron chi connectivity index (χ1n) is 6.86. The monoisotopic (exact) mass is 277 g/mol. The predicted octanol–water partition coefficient (Wildman–Crippen LogP) is 3.94. The molecular formula is C13H22F3N3. The lowest BCUT2D eigenvalue weighted by atomic mass is 10.1. The van der Waals surface area contributed by atoms with Crippen molar-refractivity contribution in [1.82, 2.24) is 9.91 Å². The smallest absolute Gasteiger partial charge is 0.301 e. The number of rotatable bonds is 9. The van der Waals surface area contributed by atoms with Gasteiger partial charge in [-0.3, -0.25) is 5.01 Å². The van der Waals surface area contributed by atoms with Crippen molar-refractivity contribution < 1.29 is 13.2 Å². The van der Waals surface area contributed by atoms with Crippen LogP contribution >= 0.6 is 0 Å². The Bertz CT molecular complexity index is 314. The fourth-order valence-corrected chi connectivity index (χ4v) is 1.92. The summed E-state index contributed by atoms with van der Waals surface area (Å²) in [6.45, 7) is 3.84. The molecule has 0 saturated heterocycles. The number of halogens is 3. The Hall–Kier alpha value is -1.20. The highest BCUT2D eigenvalue weighted by Crippen LogP contribution is 2.14. The summed E-state index contributed by atoms with van der Waals surface area (Å²) in [7, 11) is 0. The van der Waals surface area contributed by atoms with Crippen LogP contribution in [0.4, 0.5) is 13.2 Å². The Morgan fingerprint density at radius 3 is 2.53 bits per heavy atom. The van der Waals surface area contributed by atoms with Crippen LogP contribution in [0.15, 0.2) is 17.0 Å². The molecule has 6 heteroatoms. The van der Waals surface area contributed by atoms with E-state index in [4.69, 9.17) is 0 Å². The summed E-state index contributed by atoms with van der Waals surface area (Å²) in [6.07, 6.45) is 5.10. The van der Waals surface area contributed by atoms with E-state index >= 15 is 0 Å². The second-order valence-corrected chi connectivity index (χ2v) is 4.74. The van der Waals surface area contributed by atoms with Crippen LogP contribution in [0.1, 0.15) is 45.4 Å². The molecule has 0 aliphatic carbocycles. The molecule has 1 aliphatic heterocycles. The van der Waals surface area contributed by atoms with Crippen molar-refractivity contribution in [3.05, 3.63) is 11.9 Å². The van der Waals surface area contributed by atoms with E-state index in [9.17, 15) is 13.2 Å². The first kappa shape index (κ1) is 15.9. The molecule has 0 unspecified atom stereocenters. The molecule has 0 N–H and O–H groups in total. The zero-order valence-corrected chi connectivity index (χ0v) is 11.4. The number of hydrogen-bond acceptors (Lipinski definition) is 3. The van der Waals surface area contributed by atoms with Gasteiger partial charge in [-0.1, -0.05) is 32.6 Å². The first-order chi connectivity index (χ1) is 9.13. The summed E-state index contributed by atoms with van der Waals surface area (Å²) in [5, 5.41) is 6.05. The Kier molecular flexibility index (Phi) is 7.36. The van der Waals surface area contributed by atoms with Gasteiger partial charge in [0.15, 0.2) is 5.83 Å². The van der Waals surface area contributed by atoms with Crippen LogP contribution in [-0.4, -0.2) is 36.0 Å². The van der Waals surface area contributed by atoms with Crippen LogP contribution < -0.4 is 0 Å². The Labute approximate surface area is 112 Å². The van der Waals surface area contributed by atoms with Crippen LogP contribution in [0.2, 0.25) is 0 Å². The third-order valence-electron chi connectivity index (χ3n) is 3.07. The lowest BCUT2D eigenvalue weighted by Crippen LogP contribution is -2.28. The molecule has 1 heterocycles. The van der Waals surface area contributed by atoms with Crippen molar-refractivity contribution >= 4 is 6.34 Å². The lowest BCUT2D eigenvalue weighted by molar-refractivity contribution is 0.228. The minimum Gasteiger partial charge on any atom is -0.342 e. The van der Waals surface area contributed by atoms with E-state index in [0.717, 1.165) is 13.0 Å². The van der Waals surface area contributed by atoms with E-state index in [1.807, 2.05) is 5.01 Å². The summed E-state index contributed by atoms with van der Waals surface area (Å²) in [4.78, 5) is 1.74. The van der Waals surface area contributed by atoms with Crippen molar-refractivity contribution in [1.29, 1.82) is 0 Å². The number of hydrazone groups is 1. The minimum absolute atomic E-state index is 0.235. The van der Waals surface area contributed by atoms with Crippen molar-refractivity contribution in [2.75, 3.05) is 19.8 Å². The van der Waals surface area contributed by atoms with Gasteiger partial charge in [0.05, 0.1) is 0 Å². The van der Waals surface area contributed by atoms with Gasteiger partial charge in [0.1, 0.15) is 13.0 Å². The Morgan fingerprint density at radius 2 is 1.84 bits per heavy atom. The maximum atomic E-state index is 12.6. The van der Waals surface area contributed by atoms with Gasteiger partial charge in [-0.25, -0.2) is 4.39 Å². The predicted molar refractivity (Wildman–Crippen MR) is 70.5 cm³/mol. The molecule has 1 rings (SSSR count). The third kappa shape index (κ3) is 6.50. The maximum Gasteiger partial charge on any atom is 0.301 e. The minimum atomic E-state index is -2.22. The van der Waals surface area contributed by atoms with Crippen LogP contribution in [0.25, 0.3) is 0 Å². The topological polar surface area (TPSA) is 18.8 Å². The normalized spacial score (nSPS) is 14.3. The summed E-state index contributed by atoms with van der Waals surface area (Å²) in [6, 6.07) is 0. The molecule has 0 aromatic carbocycles. The van der Waals surface area contributed by atoms with Crippen LogP contribution in [0.5, 0.6) is 0 Å². The molecule has 19 heavy (non-hydrogen) atoms. The summed E-state index contributed by atoms with van der Waals surface area (Å²) in [5.41, 5.74) is 0. The molecule has 0 aromatic heterocycles. The molecule has 0 amide bonds. The molecule has 0 saturated carbocycles. The molecule has 0 fully saturated rings. The summed E-state index contributed by atoms with van der Waals surface area (Å²) in [5.74, 6) is -1.33. The molecule has 0 radical (unpaired) electrons. The zero-order chi connectivity index (χ0) is 14.1. The maximum absolute atomic E-state index is 12.6. The van der Waals surface area contributed by atoms with Crippen molar-refractivity contribution in [2.45, 2.75) is 45.4 Å². The van der Waals surface area contributed by atoms with Gasteiger partial charge in [0.25, 0.3) is 0 Å². The van der Waals surface area contributed by atoms with Gasteiger partial charge in [-0.2, -0.15) is 13.9 Å². The highest BCUT2D eigenvalue weighted by molar-refractivity contribution is 5.56. The molecule has 0 spiro atoms. The average Bonchev–Trinajstić information content (AvgIpc) is 2.83. The number of unbranched alkanes of at least 4 members (excludes halogenated alkanes) is 4. The first-order valence-corrected chi connectivity index (χ1v) is 6.86. The fraction of sp³-hybridized carbons (Fsp3) is 0.769. The van der Waals surface area contributed by atoms with Gasteiger partial charge >= 0.3 is 6.08 Å². The van der Waals surface area contributed by atoms with Crippen LogP contribution in [0, 0.1) is 0 Å². The van der Waals surface area contributed by atoms with Gasteiger partial charge in [0.2, 0.25) is 0 Å². The molecule has 0 atom stereocenters. The van der Waals surface area contributed by atoms with Crippen molar-refractivity contribution in [3.8, 4) is 0 Å².